The molecule has 1 N–H and O–H groups in total. The number of anilines is 1. The van der Waals surface area contributed by atoms with Crippen LogP contribution in [0.3, 0.4) is 0 Å². The molecule has 260 valence electrons. The van der Waals surface area contributed by atoms with Crippen LogP contribution < -0.4 is 5.32 Å². The second-order valence-electron chi connectivity index (χ2n) is 13.2. The second kappa shape index (κ2) is 32.3. The smallest absolute Gasteiger partial charge is 0.129 e. The number of hydrogen-bond donors (Lipinski definition) is 1. The van der Waals surface area contributed by atoms with Crippen LogP contribution >= 0.6 is 0 Å². The van der Waals surface area contributed by atoms with Crippen molar-refractivity contribution < 1.29 is 0 Å². The number of nitrogens with one attached hydrogen (secondary N) is 1. The summed E-state index contributed by atoms with van der Waals surface area (Å²) in [7, 11) is 0. The summed E-state index contributed by atoms with van der Waals surface area (Å²) in [4.78, 5) is 9.13. The van der Waals surface area contributed by atoms with Crippen molar-refractivity contribution in [3.63, 3.8) is 0 Å². The fourth-order valence-electron chi connectivity index (χ4n) is 5.77. The number of hydrogen-bond acceptors (Lipinski definition) is 3. The average molecular weight is 632 g/mol. The van der Waals surface area contributed by atoms with Gasteiger partial charge >= 0.3 is 0 Å². The van der Waals surface area contributed by atoms with Crippen molar-refractivity contribution in [1.29, 1.82) is 0 Å². The van der Waals surface area contributed by atoms with Crippen LogP contribution in [0, 0.1) is 18.8 Å². The highest BCUT2D eigenvalue weighted by molar-refractivity contribution is 5.47. The van der Waals surface area contributed by atoms with Crippen LogP contribution in [0.5, 0.6) is 0 Å². The Hall–Kier alpha value is -2.60. The summed E-state index contributed by atoms with van der Waals surface area (Å²) in [5.74, 6) is 2.02. The minimum atomic E-state index is 0.885. The number of aromatic nitrogens is 2. The molecule has 0 spiro atoms. The fraction of sp³-hybridized carbons (Fsp3) is 0.674. The molecule has 0 aliphatic carbocycles. The minimum absolute atomic E-state index is 0.885. The zero-order chi connectivity index (χ0) is 34.1. The van der Waals surface area contributed by atoms with Gasteiger partial charge in [-0.3, -0.25) is 4.98 Å². The first-order valence-corrected chi connectivity index (χ1v) is 19.1. The van der Waals surface area contributed by atoms with Crippen LogP contribution in [0.1, 0.15) is 174 Å². The standard InChI is InChI=1S/C20H35N.C19H30N2.C2H6.C2H2/c1-19(2)15-11-9-7-5-3-4-6-8-10-12-16-20-17-13-14-18-21-20;1-16(2)10-7-5-3-4-6-8-12-18-14-13-17-11-9-15-20-19(17)21-18;2*1-2/h13-14,17-19H,3-12,15-16H2,1-2H3;13-14H,1,3-12,15H2,2H3,(H,20,21);1-2H3;1-2H. The van der Waals surface area contributed by atoms with E-state index >= 15 is 0 Å². The lowest BCUT2D eigenvalue weighted by atomic mass is 10.0. The van der Waals surface area contributed by atoms with E-state index in [1.54, 1.807) is 0 Å². The molecule has 0 saturated heterocycles. The van der Waals surface area contributed by atoms with E-state index in [1.807, 2.05) is 26.1 Å². The second-order valence-corrected chi connectivity index (χ2v) is 13.2. The van der Waals surface area contributed by atoms with E-state index in [4.69, 9.17) is 4.98 Å². The first-order valence-electron chi connectivity index (χ1n) is 19.1. The topological polar surface area (TPSA) is 37.8 Å². The molecule has 3 heteroatoms. The highest BCUT2D eigenvalue weighted by Gasteiger charge is 2.10. The maximum Gasteiger partial charge on any atom is 0.129 e. The maximum absolute atomic E-state index is 4.76. The first-order chi connectivity index (χ1) is 22.5. The molecule has 1 aliphatic heterocycles. The lowest BCUT2D eigenvalue weighted by Crippen LogP contribution is -2.13. The number of allylic oxidation sites excluding steroid dienone is 1. The summed E-state index contributed by atoms with van der Waals surface area (Å²) in [5.41, 5.74) is 5.22. The fourth-order valence-corrected chi connectivity index (χ4v) is 5.77. The van der Waals surface area contributed by atoms with Gasteiger partial charge in [-0.2, -0.15) is 0 Å². The zero-order valence-corrected chi connectivity index (χ0v) is 31.1. The number of aryl methyl sites for hydroxylation is 3. The average Bonchev–Trinajstić information content (AvgIpc) is 3.08. The third-order valence-corrected chi connectivity index (χ3v) is 8.43. The first kappa shape index (κ1) is 43.4. The van der Waals surface area contributed by atoms with Crippen molar-refractivity contribution >= 4 is 5.82 Å². The Bertz CT molecular complexity index is 963. The Morgan fingerprint density at radius 3 is 1.83 bits per heavy atom. The molecule has 3 nitrogen and oxygen atoms in total. The molecular formula is C43H73N3. The van der Waals surface area contributed by atoms with Crippen molar-refractivity contribution in [2.75, 3.05) is 11.9 Å². The Labute approximate surface area is 287 Å². The van der Waals surface area contributed by atoms with Gasteiger partial charge in [-0.1, -0.05) is 135 Å². The molecule has 3 heterocycles. The summed E-state index contributed by atoms with van der Waals surface area (Å²) >= 11 is 0. The highest BCUT2D eigenvalue weighted by Crippen LogP contribution is 2.21. The van der Waals surface area contributed by atoms with E-state index in [1.165, 1.54) is 151 Å². The van der Waals surface area contributed by atoms with Crippen molar-refractivity contribution in [2.24, 2.45) is 5.92 Å². The molecule has 0 unspecified atom stereocenters. The number of terminal acetylenes is 1. The third kappa shape index (κ3) is 25.6. The molecule has 0 fully saturated rings. The van der Waals surface area contributed by atoms with Gasteiger partial charge in [0.1, 0.15) is 5.82 Å². The molecule has 0 radical (unpaired) electrons. The summed E-state index contributed by atoms with van der Waals surface area (Å²) in [6.45, 7) is 15.8. The lowest BCUT2D eigenvalue weighted by molar-refractivity contribution is 0.504. The quantitative estimate of drug-likeness (QED) is 0.0798. The van der Waals surface area contributed by atoms with E-state index in [-0.39, 0.29) is 0 Å². The van der Waals surface area contributed by atoms with Crippen molar-refractivity contribution in [3.8, 4) is 12.8 Å². The Balaban J connectivity index is 0.000000794. The van der Waals surface area contributed by atoms with Crippen LogP contribution in [-0.4, -0.2) is 16.5 Å². The van der Waals surface area contributed by atoms with E-state index in [0.29, 0.717) is 0 Å². The van der Waals surface area contributed by atoms with Gasteiger partial charge in [-0.05, 0) is 88.0 Å². The number of unbranched alkanes of at least 4 members (excludes halogenated alkanes) is 14. The predicted molar refractivity (Wildman–Crippen MR) is 207 cm³/mol. The van der Waals surface area contributed by atoms with E-state index < -0.39 is 0 Å². The van der Waals surface area contributed by atoms with Crippen LogP contribution in [0.2, 0.25) is 0 Å². The summed E-state index contributed by atoms with van der Waals surface area (Å²) < 4.78 is 0. The largest absolute Gasteiger partial charge is 0.370 e. The van der Waals surface area contributed by atoms with Crippen molar-refractivity contribution in [1.82, 2.24) is 9.97 Å². The molecule has 2 aromatic heterocycles. The predicted octanol–water partition coefficient (Wildman–Crippen LogP) is 13.1. The summed E-state index contributed by atoms with van der Waals surface area (Å²) in [5, 5.41) is 3.42. The molecule has 46 heavy (non-hydrogen) atoms. The van der Waals surface area contributed by atoms with Crippen LogP contribution in [0.25, 0.3) is 0 Å². The maximum atomic E-state index is 4.76. The zero-order valence-electron chi connectivity index (χ0n) is 31.1. The van der Waals surface area contributed by atoms with Gasteiger partial charge in [0, 0.05) is 24.1 Å². The number of rotatable bonds is 22. The van der Waals surface area contributed by atoms with Gasteiger partial charge in [-0.25, -0.2) is 4.98 Å². The molecule has 0 saturated carbocycles. The molecule has 1 aliphatic rings. The highest BCUT2D eigenvalue weighted by atomic mass is 15.0. The van der Waals surface area contributed by atoms with Crippen molar-refractivity contribution in [3.05, 3.63) is 65.6 Å². The Kier molecular flexibility index (Phi) is 30.5. The van der Waals surface area contributed by atoms with E-state index in [9.17, 15) is 0 Å². The SMILES string of the molecule is C#C.C=C(C)CCCCCCCCc1ccc2c(n1)NCCC2.CC.CC(C)CCCCCCCCCCCCc1ccccn1. The molecule has 0 aromatic carbocycles. The Morgan fingerprint density at radius 2 is 1.28 bits per heavy atom. The third-order valence-electron chi connectivity index (χ3n) is 8.43. The van der Waals surface area contributed by atoms with Crippen LogP contribution in [-0.2, 0) is 19.3 Å². The van der Waals surface area contributed by atoms with Gasteiger partial charge in [0.25, 0.3) is 0 Å². The summed E-state index contributed by atoms with van der Waals surface area (Å²) in [6.07, 6.45) is 39.4. The van der Waals surface area contributed by atoms with Gasteiger partial charge in [0.05, 0.1) is 0 Å². The van der Waals surface area contributed by atoms with Gasteiger partial charge in [0.2, 0.25) is 0 Å². The number of pyridine rings is 2. The number of fused-ring (bicyclic) bond motifs is 1. The number of nitrogens with zero attached hydrogens (tertiary/aromatic N) is 2. The van der Waals surface area contributed by atoms with Gasteiger partial charge < -0.3 is 5.32 Å². The molecule has 2 aromatic rings. The molecule has 0 amide bonds. The molecule has 0 atom stereocenters. The molecule has 0 bridgehead atoms. The van der Waals surface area contributed by atoms with E-state index in [0.717, 1.165) is 31.1 Å². The van der Waals surface area contributed by atoms with Gasteiger partial charge in [-0.15, -0.1) is 19.4 Å². The molecule has 3 rings (SSSR count). The van der Waals surface area contributed by atoms with E-state index in [2.05, 4.69) is 74.8 Å². The monoisotopic (exact) mass is 632 g/mol. The van der Waals surface area contributed by atoms with Gasteiger partial charge in [0.15, 0.2) is 0 Å². The lowest BCUT2D eigenvalue weighted by Gasteiger charge is -2.17. The molecular weight excluding hydrogens is 558 g/mol. The Morgan fingerprint density at radius 1 is 0.739 bits per heavy atom. The minimum Gasteiger partial charge on any atom is -0.370 e. The normalized spacial score (nSPS) is 11.5. The van der Waals surface area contributed by atoms with Crippen LogP contribution in [0.15, 0.2) is 48.7 Å². The van der Waals surface area contributed by atoms with Crippen LogP contribution in [0.4, 0.5) is 5.82 Å². The summed E-state index contributed by atoms with van der Waals surface area (Å²) in [6, 6.07) is 10.7. The van der Waals surface area contributed by atoms with Crippen molar-refractivity contribution in [2.45, 2.75) is 176 Å².